The van der Waals surface area contributed by atoms with Crippen LogP contribution in [0.1, 0.15) is 55.8 Å². The van der Waals surface area contributed by atoms with Gasteiger partial charge < -0.3 is 9.64 Å². The van der Waals surface area contributed by atoms with Crippen LogP contribution in [-0.4, -0.2) is 24.4 Å². The van der Waals surface area contributed by atoms with E-state index in [2.05, 4.69) is 66.7 Å². The summed E-state index contributed by atoms with van der Waals surface area (Å²) in [4.78, 5) is 3.83. The third kappa shape index (κ3) is 4.41. The Hall–Kier alpha value is -1.71. The lowest BCUT2D eigenvalue weighted by Gasteiger charge is -2.15. The summed E-state index contributed by atoms with van der Waals surface area (Å²) in [5.74, 6) is 1.13. The molecule has 142 valence electrons. The Balaban J connectivity index is 1.18. The highest BCUT2D eigenvalue weighted by Crippen LogP contribution is 2.45. The first kappa shape index (κ1) is 18.6. The quantitative estimate of drug-likeness (QED) is 0.456. The van der Waals surface area contributed by atoms with Crippen LogP contribution in [-0.2, 0) is 4.74 Å². The predicted molar refractivity (Wildman–Crippen MR) is 116 cm³/mol. The largest absolute Gasteiger partial charge is 0.370 e. The zero-order valence-corrected chi connectivity index (χ0v) is 17.0. The summed E-state index contributed by atoms with van der Waals surface area (Å²) in [5, 5.41) is 0. The highest BCUT2D eigenvalue weighted by Gasteiger charge is 2.28. The molecule has 2 aliphatic rings. The minimum absolute atomic E-state index is 0.112. The van der Waals surface area contributed by atoms with Crippen LogP contribution in [0.25, 0.3) is 11.1 Å². The Morgan fingerprint density at radius 2 is 1.52 bits per heavy atom. The third-order valence-corrected chi connectivity index (χ3v) is 6.66. The Labute approximate surface area is 167 Å². The topological polar surface area (TPSA) is 12.5 Å². The minimum atomic E-state index is 0.112. The molecular weight excluding hydrogens is 350 g/mol. The number of rotatable bonds is 9. The molecule has 0 N–H and O–H groups in total. The Morgan fingerprint density at radius 1 is 0.889 bits per heavy atom. The van der Waals surface area contributed by atoms with Gasteiger partial charge in [-0.1, -0.05) is 67.8 Å². The molecule has 0 atom stereocenters. The Morgan fingerprint density at radius 3 is 2.19 bits per heavy atom. The molecule has 2 aromatic carbocycles. The SMILES string of the molecule is CN1C=C(CCCCCCCOC2c3ccccc3-c3ccccc32)SC1. The molecule has 0 fully saturated rings. The monoisotopic (exact) mass is 379 g/mol. The van der Waals surface area contributed by atoms with Gasteiger partial charge in [-0.15, -0.1) is 11.8 Å². The summed E-state index contributed by atoms with van der Waals surface area (Å²) in [7, 11) is 2.15. The van der Waals surface area contributed by atoms with Gasteiger partial charge in [0.1, 0.15) is 6.10 Å². The predicted octanol–water partition coefficient (Wildman–Crippen LogP) is 6.59. The number of unbranched alkanes of at least 4 members (excludes halogenated alkanes) is 4. The van der Waals surface area contributed by atoms with Crippen molar-refractivity contribution in [2.24, 2.45) is 0 Å². The first-order valence-corrected chi connectivity index (χ1v) is 11.1. The van der Waals surface area contributed by atoms with E-state index in [0.29, 0.717) is 0 Å². The lowest BCUT2D eigenvalue weighted by atomic mass is 10.1. The van der Waals surface area contributed by atoms with Gasteiger partial charge in [-0.3, -0.25) is 0 Å². The van der Waals surface area contributed by atoms with E-state index in [0.717, 1.165) is 18.9 Å². The summed E-state index contributed by atoms with van der Waals surface area (Å²) < 4.78 is 6.34. The average molecular weight is 380 g/mol. The summed E-state index contributed by atoms with van der Waals surface area (Å²) in [5.41, 5.74) is 5.32. The molecule has 0 radical (unpaired) electrons. The molecule has 3 heteroatoms. The van der Waals surface area contributed by atoms with Gasteiger partial charge in [0.2, 0.25) is 0 Å². The van der Waals surface area contributed by atoms with Crippen LogP contribution in [0.2, 0.25) is 0 Å². The smallest absolute Gasteiger partial charge is 0.109 e. The van der Waals surface area contributed by atoms with Crippen molar-refractivity contribution in [1.29, 1.82) is 0 Å². The molecule has 0 bridgehead atoms. The molecule has 0 amide bonds. The molecule has 2 nitrogen and oxygen atoms in total. The van der Waals surface area contributed by atoms with E-state index in [1.54, 1.807) is 4.91 Å². The van der Waals surface area contributed by atoms with Gasteiger partial charge in [0.15, 0.2) is 0 Å². The van der Waals surface area contributed by atoms with Gasteiger partial charge in [0.05, 0.1) is 5.88 Å². The molecule has 0 spiro atoms. The van der Waals surface area contributed by atoms with Crippen molar-refractivity contribution in [2.75, 3.05) is 19.5 Å². The van der Waals surface area contributed by atoms with Gasteiger partial charge in [0.25, 0.3) is 0 Å². The first-order chi connectivity index (χ1) is 13.3. The van der Waals surface area contributed by atoms with E-state index < -0.39 is 0 Å². The van der Waals surface area contributed by atoms with Crippen molar-refractivity contribution in [2.45, 2.75) is 44.6 Å². The normalized spacial score (nSPS) is 15.7. The summed E-state index contributed by atoms with van der Waals surface area (Å²) in [6.45, 7) is 0.846. The maximum absolute atomic E-state index is 6.34. The number of hydrogen-bond donors (Lipinski definition) is 0. The van der Waals surface area contributed by atoms with Crippen LogP contribution in [0.15, 0.2) is 59.6 Å². The van der Waals surface area contributed by atoms with Gasteiger partial charge >= 0.3 is 0 Å². The van der Waals surface area contributed by atoms with Crippen LogP contribution in [0.5, 0.6) is 0 Å². The molecule has 4 rings (SSSR count). The molecule has 0 saturated carbocycles. The maximum atomic E-state index is 6.34. The van der Waals surface area contributed by atoms with Crippen LogP contribution >= 0.6 is 11.8 Å². The second-order valence-corrected chi connectivity index (χ2v) is 8.64. The highest BCUT2D eigenvalue weighted by atomic mass is 32.2. The standard InChI is InChI=1S/C24H29NOS/c1-25-17-19(27-18-25)11-5-3-2-4-10-16-26-24-22-14-8-6-12-20(22)21-13-7-9-15-23(21)24/h6-9,12-15,17,24H,2-5,10-11,16,18H2,1H3. The molecular formula is C24H29NOS. The lowest BCUT2D eigenvalue weighted by molar-refractivity contribution is 0.0797. The van der Waals surface area contributed by atoms with Crippen molar-refractivity contribution < 1.29 is 4.74 Å². The number of allylic oxidation sites excluding steroid dienone is 1. The number of nitrogens with zero attached hydrogens (tertiary/aromatic N) is 1. The average Bonchev–Trinajstić information content (AvgIpc) is 3.25. The van der Waals surface area contributed by atoms with Crippen LogP contribution in [0.3, 0.4) is 0 Å². The third-order valence-electron chi connectivity index (χ3n) is 5.45. The van der Waals surface area contributed by atoms with E-state index in [4.69, 9.17) is 4.74 Å². The molecule has 1 aliphatic heterocycles. The Bertz CT molecular complexity index is 755. The van der Waals surface area contributed by atoms with E-state index in [1.165, 1.54) is 54.4 Å². The summed E-state index contributed by atoms with van der Waals surface area (Å²) >= 11 is 1.99. The molecule has 0 saturated heterocycles. The number of hydrogen-bond acceptors (Lipinski definition) is 3. The highest BCUT2D eigenvalue weighted by molar-refractivity contribution is 8.03. The molecule has 27 heavy (non-hydrogen) atoms. The van der Waals surface area contributed by atoms with Gasteiger partial charge in [0, 0.05) is 24.8 Å². The van der Waals surface area contributed by atoms with Gasteiger partial charge in [-0.2, -0.15) is 0 Å². The number of benzene rings is 2. The Kier molecular flexibility index (Phi) is 6.21. The van der Waals surface area contributed by atoms with E-state index >= 15 is 0 Å². The van der Waals surface area contributed by atoms with Crippen molar-refractivity contribution in [3.8, 4) is 11.1 Å². The fraction of sp³-hybridized carbons (Fsp3) is 0.417. The van der Waals surface area contributed by atoms with Crippen molar-refractivity contribution in [3.63, 3.8) is 0 Å². The van der Waals surface area contributed by atoms with E-state index in [-0.39, 0.29) is 6.10 Å². The molecule has 2 aromatic rings. The zero-order chi connectivity index (χ0) is 18.5. The minimum Gasteiger partial charge on any atom is -0.370 e. The lowest BCUT2D eigenvalue weighted by Crippen LogP contribution is -2.04. The fourth-order valence-electron chi connectivity index (χ4n) is 4.06. The first-order valence-electron chi connectivity index (χ1n) is 10.2. The molecule has 0 unspecified atom stereocenters. The van der Waals surface area contributed by atoms with Crippen LogP contribution in [0.4, 0.5) is 0 Å². The van der Waals surface area contributed by atoms with Crippen LogP contribution in [0, 0.1) is 0 Å². The van der Waals surface area contributed by atoms with E-state index in [9.17, 15) is 0 Å². The fourth-order valence-corrected chi connectivity index (χ4v) is 5.05. The summed E-state index contributed by atoms with van der Waals surface area (Å²) in [6, 6.07) is 17.3. The molecule has 1 aliphatic carbocycles. The second-order valence-electron chi connectivity index (χ2n) is 7.57. The van der Waals surface area contributed by atoms with Crippen molar-refractivity contribution in [3.05, 3.63) is 70.8 Å². The number of thioether (sulfide) groups is 1. The molecule has 1 heterocycles. The molecule has 0 aromatic heterocycles. The van der Waals surface area contributed by atoms with Crippen molar-refractivity contribution in [1.82, 2.24) is 4.90 Å². The summed E-state index contributed by atoms with van der Waals surface area (Å²) in [6.07, 6.45) is 10.0. The number of ether oxygens (including phenoxy) is 1. The maximum Gasteiger partial charge on any atom is 0.109 e. The van der Waals surface area contributed by atoms with Gasteiger partial charge in [-0.25, -0.2) is 0 Å². The number of fused-ring (bicyclic) bond motifs is 3. The van der Waals surface area contributed by atoms with Crippen molar-refractivity contribution >= 4 is 11.8 Å². The second kappa shape index (κ2) is 8.99. The van der Waals surface area contributed by atoms with Crippen LogP contribution < -0.4 is 0 Å². The van der Waals surface area contributed by atoms with E-state index in [1.807, 2.05) is 11.8 Å². The van der Waals surface area contributed by atoms with Gasteiger partial charge in [-0.05, 0) is 41.5 Å². The zero-order valence-electron chi connectivity index (χ0n) is 16.2.